The quantitative estimate of drug-likeness (QED) is 0.871. The molecule has 0 saturated heterocycles. The minimum Gasteiger partial charge on any atom is -0.488 e. The van der Waals surface area contributed by atoms with Crippen LogP contribution in [0.2, 0.25) is 0 Å². The molecule has 3 heteroatoms. The lowest BCUT2D eigenvalue weighted by atomic mass is 10.0. The van der Waals surface area contributed by atoms with Crippen molar-refractivity contribution >= 4 is 0 Å². The highest BCUT2D eigenvalue weighted by Crippen LogP contribution is 2.26. The topological polar surface area (TPSA) is 35.2 Å². The van der Waals surface area contributed by atoms with E-state index in [4.69, 9.17) is 10.5 Å². The van der Waals surface area contributed by atoms with Gasteiger partial charge in [-0.1, -0.05) is 37.3 Å². The molecule has 2 N–H and O–H groups in total. The highest BCUT2D eigenvalue weighted by molar-refractivity contribution is 5.41. The molecular formula is C18H22FNO. The van der Waals surface area contributed by atoms with Crippen molar-refractivity contribution in [3.63, 3.8) is 0 Å². The summed E-state index contributed by atoms with van der Waals surface area (Å²) in [5, 5.41) is 0. The zero-order chi connectivity index (χ0) is 15.2. The maximum absolute atomic E-state index is 13.2. The third kappa shape index (κ3) is 4.30. The first-order valence-corrected chi connectivity index (χ1v) is 7.31. The molecule has 0 aliphatic rings. The van der Waals surface area contributed by atoms with Crippen molar-refractivity contribution in [1.29, 1.82) is 0 Å². The normalized spacial score (nSPS) is 12.2. The van der Waals surface area contributed by atoms with Gasteiger partial charge in [0.15, 0.2) is 0 Å². The summed E-state index contributed by atoms with van der Waals surface area (Å²) in [7, 11) is 0. The third-order valence-corrected chi connectivity index (χ3v) is 3.57. The lowest BCUT2D eigenvalue weighted by Crippen LogP contribution is -2.21. The third-order valence-electron chi connectivity index (χ3n) is 3.57. The number of rotatable bonds is 6. The van der Waals surface area contributed by atoms with Gasteiger partial charge in [0.2, 0.25) is 0 Å². The van der Waals surface area contributed by atoms with Gasteiger partial charge in [-0.25, -0.2) is 4.39 Å². The Morgan fingerprint density at radius 2 is 1.95 bits per heavy atom. The molecule has 1 unspecified atom stereocenters. The van der Waals surface area contributed by atoms with Gasteiger partial charge in [0.1, 0.15) is 18.2 Å². The molecule has 1 atom stereocenters. The molecule has 0 spiro atoms. The van der Waals surface area contributed by atoms with Crippen molar-refractivity contribution in [2.24, 2.45) is 5.73 Å². The lowest BCUT2D eigenvalue weighted by molar-refractivity contribution is 0.299. The second kappa shape index (κ2) is 7.23. The van der Waals surface area contributed by atoms with E-state index in [9.17, 15) is 4.39 Å². The van der Waals surface area contributed by atoms with Crippen LogP contribution in [0, 0.1) is 12.7 Å². The number of aryl methyl sites for hydroxylation is 1. The predicted molar refractivity (Wildman–Crippen MR) is 83.9 cm³/mol. The first kappa shape index (κ1) is 15.5. The van der Waals surface area contributed by atoms with E-state index in [-0.39, 0.29) is 11.9 Å². The molecule has 0 amide bonds. The summed E-state index contributed by atoms with van der Waals surface area (Å²) in [6, 6.07) is 12.7. The van der Waals surface area contributed by atoms with E-state index >= 15 is 0 Å². The van der Waals surface area contributed by atoms with Crippen molar-refractivity contribution in [2.45, 2.75) is 39.3 Å². The van der Waals surface area contributed by atoms with Crippen LogP contribution in [0.3, 0.4) is 0 Å². The first-order valence-electron chi connectivity index (χ1n) is 7.31. The van der Waals surface area contributed by atoms with Gasteiger partial charge in [0.05, 0.1) is 0 Å². The number of hydrogen-bond acceptors (Lipinski definition) is 2. The van der Waals surface area contributed by atoms with E-state index in [0.29, 0.717) is 6.61 Å². The Labute approximate surface area is 125 Å². The maximum Gasteiger partial charge on any atom is 0.125 e. The molecule has 0 fully saturated rings. The molecule has 2 rings (SSSR count). The van der Waals surface area contributed by atoms with Gasteiger partial charge in [-0.05, 0) is 48.6 Å². The number of nitrogens with two attached hydrogens (primary N) is 1. The van der Waals surface area contributed by atoms with Crippen LogP contribution < -0.4 is 10.5 Å². The Hall–Kier alpha value is -1.87. The van der Waals surface area contributed by atoms with Gasteiger partial charge in [-0.2, -0.15) is 0 Å². The molecule has 21 heavy (non-hydrogen) atoms. The van der Waals surface area contributed by atoms with Crippen molar-refractivity contribution in [3.05, 3.63) is 65.0 Å². The number of para-hydroxylation sites is 1. The van der Waals surface area contributed by atoms with Crippen LogP contribution >= 0.6 is 0 Å². The van der Waals surface area contributed by atoms with Crippen molar-refractivity contribution in [3.8, 4) is 5.75 Å². The largest absolute Gasteiger partial charge is 0.488 e. The molecule has 0 saturated carbocycles. The van der Waals surface area contributed by atoms with Crippen LogP contribution in [-0.2, 0) is 13.0 Å². The monoisotopic (exact) mass is 287 g/mol. The average molecular weight is 287 g/mol. The predicted octanol–water partition coefficient (Wildman–Crippen LogP) is 3.99. The van der Waals surface area contributed by atoms with E-state index in [1.165, 1.54) is 12.1 Å². The van der Waals surface area contributed by atoms with Gasteiger partial charge in [-0.15, -0.1) is 0 Å². The summed E-state index contributed by atoms with van der Waals surface area (Å²) in [5.41, 5.74) is 9.06. The van der Waals surface area contributed by atoms with E-state index in [0.717, 1.165) is 35.3 Å². The molecular weight excluding hydrogens is 265 g/mol. The average Bonchev–Trinajstić information content (AvgIpc) is 2.46. The SMILES string of the molecule is CCC(N)Cc1cccc(C)c1OCc1cccc(F)c1. The number of benzene rings is 2. The fourth-order valence-corrected chi connectivity index (χ4v) is 2.29. The number of hydrogen-bond donors (Lipinski definition) is 1. The Bertz CT molecular complexity index is 598. The van der Waals surface area contributed by atoms with Gasteiger partial charge in [0.25, 0.3) is 0 Å². The molecule has 0 heterocycles. The summed E-state index contributed by atoms with van der Waals surface area (Å²) in [6.45, 7) is 4.45. The van der Waals surface area contributed by atoms with Crippen LogP contribution in [0.15, 0.2) is 42.5 Å². The summed E-state index contributed by atoms with van der Waals surface area (Å²) < 4.78 is 19.1. The molecule has 2 aromatic rings. The molecule has 0 bridgehead atoms. The molecule has 0 aliphatic carbocycles. The molecule has 0 radical (unpaired) electrons. The first-order chi connectivity index (χ1) is 10.1. The molecule has 0 aliphatic heterocycles. The smallest absolute Gasteiger partial charge is 0.125 e. The zero-order valence-electron chi connectivity index (χ0n) is 12.6. The molecule has 112 valence electrons. The van der Waals surface area contributed by atoms with Crippen LogP contribution in [0.4, 0.5) is 4.39 Å². The standard InChI is InChI=1S/C18H22FNO/c1-3-17(20)11-15-8-4-6-13(2)18(15)21-12-14-7-5-9-16(19)10-14/h4-10,17H,3,11-12,20H2,1-2H3. The van der Waals surface area contributed by atoms with Crippen LogP contribution in [0.25, 0.3) is 0 Å². The summed E-state index contributed by atoms with van der Waals surface area (Å²) >= 11 is 0. The Balaban J connectivity index is 2.15. The van der Waals surface area contributed by atoms with Gasteiger partial charge >= 0.3 is 0 Å². The Morgan fingerprint density at radius 3 is 2.67 bits per heavy atom. The lowest BCUT2D eigenvalue weighted by Gasteiger charge is -2.16. The minimum atomic E-state index is -0.242. The zero-order valence-corrected chi connectivity index (χ0v) is 12.6. The Kier molecular flexibility index (Phi) is 5.34. The van der Waals surface area contributed by atoms with E-state index in [1.807, 2.05) is 31.2 Å². The molecule has 2 aromatic carbocycles. The number of ether oxygens (including phenoxy) is 1. The van der Waals surface area contributed by atoms with Crippen molar-refractivity contribution < 1.29 is 9.13 Å². The second-order valence-corrected chi connectivity index (χ2v) is 5.35. The van der Waals surface area contributed by atoms with Crippen molar-refractivity contribution in [1.82, 2.24) is 0 Å². The van der Waals surface area contributed by atoms with Crippen LogP contribution in [0.1, 0.15) is 30.0 Å². The fourth-order valence-electron chi connectivity index (χ4n) is 2.29. The second-order valence-electron chi connectivity index (χ2n) is 5.35. The number of halogens is 1. The van der Waals surface area contributed by atoms with Gasteiger partial charge in [0, 0.05) is 6.04 Å². The highest BCUT2D eigenvalue weighted by Gasteiger charge is 2.10. The minimum absolute atomic E-state index is 0.128. The van der Waals surface area contributed by atoms with Crippen LogP contribution in [0.5, 0.6) is 5.75 Å². The molecule has 0 aromatic heterocycles. The van der Waals surface area contributed by atoms with E-state index < -0.39 is 0 Å². The Morgan fingerprint density at radius 1 is 1.19 bits per heavy atom. The fraction of sp³-hybridized carbons (Fsp3) is 0.333. The molecule has 2 nitrogen and oxygen atoms in total. The van der Waals surface area contributed by atoms with Gasteiger partial charge < -0.3 is 10.5 Å². The van der Waals surface area contributed by atoms with Crippen molar-refractivity contribution in [2.75, 3.05) is 0 Å². The van der Waals surface area contributed by atoms with Gasteiger partial charge in [-0.3, -0.25) is 0 Å². The highest BCUT2D eigenvalue weighted by atomic mass is 19.1. The maximum atomic E-state index is 13.2. The summed E-state index contributed by atoms with van der Waals surface area (Å²) in [4.78, 5) is 0. The van der Waals surface area contributed by atoms with E-state index in [1.54, 1.807) is 6.07 Å². The van der Waals surface area contributed by atoms with Crippen LogP contribution in [-0.4, -0.2) is 6.04 Å². The summed E-state index contributed by atoms with van der Waals surface area (Å²) in [5.74, 6) is 0.625. The van der Waals surface area contributed by atoms with E-state index in [2.05, 4.69) is 6.92 Å². The summed E-state index contributed by atoms with van der Waals surface area (Å²) in [6.07, 6.45) is 1.72.